The fourth-order valence-electron chi connectivity index (χ4n) is 4.23. The van der Waals surface area contributed by atoms with Gasteiger partial charge in [-0.2, -0.15) is 0 Å². The molecule has 4 rings (SSSR count). The van der Waals surface area contributed by atoms with Gasteiger partial charge < -0.3 is 15.2 Å². The van der Waals surface area contributed by atoms with Gasteiger partial charge in [0.15, 0.2) is 10.8 Å². The van der Waals surface area contributed by atoms with E-state index in [1.165, 1.54) is 29.5 Å². The first-order valence-electron chi connectivity index (χ1n) is 11.0. The second kappa shape index (κ2) is 10.7. The zero-order valence-electron chi connectivity index (χ0n) is 19.0. The van der Waals surface area contributed by atoms with Crippen molar-refractivity contribution >= 4 is 45.0 Å². The number of aliphatic imine (C=N–C) groups is 1. The maximum absolute atomic E-state index is 14.3. The van der Waals surface area contributed by atoms with E-state index >= 15 is 0 Å². The van der Waals surface area contributed by atoms with E-state index < -0.39 is 48.7 Å². The number of carbonyl (C=O) groups excluding carboxylic acids is 1. The van der Waals surface area contributed by atoms with Gasteiger partial charge in [0, 0.05) is 34.7 Å². The van der Waals surface area contributed by atoms with Crippen LogP contribution in [0.2, 0.25) is 0 Å². The van der Waals surface area contributed by atoms with Gasteiger partial charge in [-0.3, -0.25) is 14.7 Å². The van der Waals surface area contributed by atoms with Crippen LogP contribution < -0.4 is 5.32 Å². The highest BCUT2D eigenvalue weighted by Crippen LogP contribution is 2.38. The fraction of sp³-hybridized carbons (Fsp3) is 0.391. The summed E-state index contributed by atoms with van der Waals surface area (Å²) >= 11 is 4.59. The van der Waals surface area contributed by atoms with E-state index in [9.17, 15) is 27.9 Å². The van der Waals surface area contributed by atoms with Gasteiger partial charge in [-0.05, 0) is 31.0 Å². The Labute approximate surface area is 217 Å². The highest BCUT2D eigenvalue weighted by molar-refractivity contribution is 9.10. The highest BCUT2D eigenvalue weighted by atomic mass is 79.9. The van der Waals surface area contributed by atoms with Gasteiger partial charge in [0.2, 0.25) is 0 Å². The normalized spacial score (nSPS) is 22.1. The molecule has 3 heterocycles. The molecular formula is C23H22BrF3N4O4S. The second-order valence-corrected chi connectivity index (χ2v) is 10.0. The van der Waals surface area contributed by atoms with Crippen molar-refractivity contribution in [2.45, 2.75) is 37.8 Å². The third-order valence-electron chi connectivity index (χ3n) is 5.82. The molecule has 1 saturated heterocycles. The number of hydrogen-bond acceptors (Lipinski definition) is 8. The standard InChI is InChI=1S/C23H22BrF3N4O4S/c1-2-35-22(34)17-15(10-31-11-23(26,27)6-5-16(31)21(32)33)29-19(20-28-7-8-36-20)30-18(17)13-4-3-12(25)9-14(13)24/h3-4,7-9,16,18H,2,5-6,10-11H2,1H3,(H,29,30)(H,32,33). The number of alkyl halides is 2. The summed E-state index contributed by atoms with van der Waals surface area (Å²) in [5.74, 6) is -5.31. The molecule has 192 valence electrons. The number of amidine groups is 1. The summed E-state index contributed by atoms with van der Waals surface area (Å²) in [5.41, 5.74) is 0.618. The topological polar surface area (TPSA) is 104 Å². The van der Waals surface area contributed by atoms with E-state index in [4.69, 9.17) is 4.74 Å². The SMILES string of the molecule is CCOC(=O)C1=C(CN2CC(F)(F)CCC2C(=O)O)NC(c2nccs2)=NC1c1ccc(F)cc1Br. The number of rotatable bonds is 7. The number of benzene rings is 1. The van der Waals surface area contributed by atoms with E-state index in [1.54, 1.807) is 18.5 Å². The Morgan fingerprint density at radius 3 is 2.81 bits per heavy atom. The van der Waals surface area contributed by atoms with Crippen LogP contribution in [0.15, 0.2) is 50.5 Å². The van der Waals surface area contributed by atoms with Crippen molar-refractivity contribution in [2.75, 3.05) is 19.7 Å². The number of nitrogens with zero attached hydrogens (tertiary/aromatic N) is 3. The molecule has 2 unspecified atom stereocenters. The van der Waals surface area contributed by atoms with Crippen LogP contribution in [-0.4, -0.2) is 64.4 Å². The van der Waals surface area contributed by atoms with Crippen LogP contribution in [0.4, 0.5) is 13.2 Å². The molecule has 2 aliphatic heterocycles. The Balaban J connectivity index is 1.85. The van der Waals surface area contributed by atoms with Gasteiger partial charge in [-0.1, -0.05) is 22.0 Å². The van der Waals surface area contributed by atoms with Crippen LogP contribution in [0.25, 0.3) is 0 Å². The van der Waals surface area contributed by atoms with Crippen molar-refractivity contribution in [2.24, 2.45) is 4.99 Å². The predicted octanol–water partition coefficient (Wildman–Crippen LogP) is 4.14. The number of aromatic nitrogens is 1. The number of halogens is 4. The molecule has 13 heteroatoms. The number of piperidine rings is 1. The quantitative estimate of drug-likeness (QED) is 0.470. The molecular weight excluding hydrogens is 565 g/mol. The summed E-state index contributed by atoms with van der Waals surface area (Å²) in [4.78, 5) is 35.1. The van der Waals surface area contributed by atoms with Gasteiger partial charge >= 0.3 is 11.9 Å². The number of nitrogens with one attached hydrogen (secondary N) is 1. The molecule has 8 nitrogen and oxygen atoms in total. The van der Waals surface area contributed by atoms with Crippen LogP contribution in [0, 0.1) is 5.82 Å². The van der Waals surface area contributed by atoms with Crippen molar-refractivity contribution < 1.29 is 32.6 Å². The minimum Gasteiger partial charge on any atom is -0.480 e. The average molecular weight is 587 g/mol. The first-order valence-corrected chi connectivity index (χ1v) is 12.7. The smallest absolute Gasteiger partial charge is 0.338 e. The first kappa shape index (κ1) is 26.3. The number of ether oxygens (including phenoxy) is 1. The number of carboxylic acid groups (broad SMARTS) is 1. The minimum atomic E-state index is -3.09. The lowest BCUT2D eigenvalue weighted by Crippen LogP contribution is -2.54. The van der Waals surface area contributed by atoms with Crippen molar-refractivity contribution in [1.82, 2.24) is 15.2 Å². The van der Waals surface area contributed by atoms with Gasteiger partial charge in [-0.25, -0.2) is 22.9 Å². The van der Waals surface area contributed by atoms with Crippen LogP contribution in [0.1, 0.15) is 36.4 Å². The van der Waals surface area contributed by atoms with E-state index in [0.717, 1.165) is 4.90 Å². The lowest BCUT2D eigenvalue weighted by atomic mass is 9.94. The van der Waals surface area contributed by atoms with Gasteiger partial charge in [-0.15, -0.1) is 11.3 Å². The Hall–Kier alpha value is -2.77. The van der Waals surface area contributed by atoms with E-state index in [-0.39, 0.29) is 36.7 Å². The van der Waals surface area contributed by atoms with Crippen molar-refractivity contribution in [3.8, 4) is 0 Å². The second-order valence-electron chi connectivity index (χ2n) is 8.27. The number of esters is 1. The van der Waals surface area contributed by atoms with Crippen LogP contribution in [-0.2, 0) is 14.3 Å². The molecule has 1 aromatic carbocycles. The zero-order valence-corrected chi connectivity index (χ0v) is 21.4. The summed E-state index contributed by atoms with van der Waals surface area (Å²) in [7, 11) is 0. The Bertz CT molecular complexity index is 1220. The number of carbonyl (C=O) groups is 2. The molecule has 1 fully saturated rings. The molecule has 2 aromatic rings. The molecule has 36 heavy (non-hydrogen) atoms. The molecule has 1 aromatic heterocycles. The maximum Gasteiger partial charge on any atom is 0.338 e. The zero-order chi connectivity index (χ0) is 26.0. The maximum atomic E-state index is 14.3. The van der Waals surface area contributed by atoms with Gasteiger partial charge in [0.25, 0.3) is 5.92 Å². The molecule has 0 radical (unpaired) electrons. The lowest BCUT2D eigenvalue weighted by Gasteiger charge is -2.39. The molecule has 2 aliphatic rings. The first-order chi connectivity index (χ1) is 17.1. The summed E-state index contributed by atoms with van der Waals surface area (Å²) in [6, 6.07) is 1.74. The van der Waals surface area contributed by atoms with Crippen LogP contribution >= 0.6 is 27.3 Å². The summed E-state index contributed by atoms with van der Waals surface area (Å²) in [5, 5.41) is 14.9. The Kier molecular flexibility index (Phi) is 7.81. The van der Waals surface area contributed by atoms with E-state index in [2.05, 4.69) is 31.2 Å². The van der Waals surface area contributed by atoms with Gasteiger partial charge in [0.05, 0.1) is 18.7 Å². The fourth-order valence-corrected chi connectivity index (χ4v) is 5.39. The van der Waals surface area contributed by atoms with Crippen LogP contribution in [0.5, 0.6) is 0 Å². The molecule has 0 amide bonds. The highest BCUT2D eigenvalue weighted by Gasteiger charge is 2.44. The number of aliphatic carboxylic acids is 1. The van der Waals surface area contributed by atoms with Crippen molar-refractivity contribution in [3.05, 3.63) is 61.9 Å². The number of hydrogen-bond donors (Lipinski definition) is 2. The molecule has 2 N–H and O–H groups in total. The van der Waals surface area contributed by atoms with E-state index in [0.29, 0.717) is 15.0 Å². The molecule has 0 spiro atoms. The molecule has 0 bridgehead atoms. The molecule has 0 saturated carbocycles. The minimum absolute atomic E-state index is 0.0162. The third-order valence-corrected chi connectivity index (χ3v) is 7.28. The van der Waals surface area contributed by atoms with Crippen molar-refractivity contribution in [3.63, 3.8) is 0 Å². The summed E-state index contributed by atoms with van der Waals surface area (Å²) < 4.78 is 48.1. The number of carboxylic acids is 1. The van der Waals surface area contributed by atoms with Crippen LogP contribution in [0.3, 0.4) is 0 Å². The lowest BCUT2D eigenvalue weighted by molar-refractivity contribution is -0.151. The van der Waals surface area contributed by atoms with E-state index in [1.807, 2.05) is 0 Å². The summed E-state index contributed by atoms with van der Waals surface area (Å²) in [6.07, 6.45) is 0.766. The Morgan fingerprint density at radius 2 is 2.17 bits per heavy atom. The van der Waals surface area contributed by atoms with Crippen molar-refractivity contribution in [1.29, 1.82) is 0 Å². The average Bonchev–Trinajstić information content (AvgIpc) is 3.33. The third kappa shape index (κ3) is 5.62. The Morgan fingerprint density at radius 1 is 1.39 bits per heavy atom. The van der Waals surface area contributed by atoms with Gasteiger partial charge in [0.1, 0.15) is 17.9 Å². The monoisotopic (exact) mass is 586 g/mol. The predicted molar refractivity (Wildman–Crippen MR) is 129 cm³/mol. The number of likely N-dealkylation sites (tertiary alicyclic amines) is 1. The largest absolute Gasteiger partial charge is 0.480 e. The number of thiazole rings is 1. The molecule has 0 aliphatic carbocycles. The molecule has 2 atom stereocenters. The summed E-state index contributed by atoms with van der Waals surface area (Å²) in [6.45, 7) is 0.558.